The number of hydrogen-bond donors (Lipinski definition) is 3. The Kier molecular flexibility index (Phi) is 10.1. The second kappa shape index (κ2) is 13.5. The Labute approximate surface area is 219 Å². The Morgan fingerprint density at radius 3 is 2.56 bits per heavy atom. The molecule has 0 saturated carbocycles. The van der Waals surface area contributed by atoms with Crippen LogP contribution in [0.25, 0.3) is 22.4 Å². The number of hydrogen-bond acceptors (Lipinski definition) is 6. The van der Waals surface area contributed by atoms with Crippen LogP contribution in [-0.4, -0.2) is 41.3 Å². The van der Waals surface area contributed by atoms with Gasteiger partial charge in [0.05, 0.1) is 16.4 Å². The molecule has 2 heterocycles. The molecule has 36 heavy (non-hydrogen) atoms. The van der Waals surface area contributed by atoms with E-state index in [1.54, 1.807) is 24.4 Å². The molecule has 0 unspecified atom stereocenters. The fourth-order valence-corrected chi connectivity index (χ4v) is 3.77. The Morgan fingerprint density at radius 2 is 1.89 bits per heavy atom. The molecule has 188 valence electrons. The quantitative estimate of drug-likeness (QED) is 0.127. The third kappa shape index (κ3) is 7.19. The molecule has 8 heteroatoms. The van der Waals surface area contributed by atoms with Gasteiger partial charge in [-0.3, -0.25) is 4.79 Å². The van der Waals surface area contributed by atoms with E-state index >= 15 is 0 Å². The minimum absolute atomic E-state index is 0.218. The number of carbonyl (C=O) groups excluding carboxylic acids is 1. The van der Waals surface area contributed by atoms with Crippen molar-refractivity contribution in [3.8, 4) is 5.75 Å². The minimum Gasteiger partial charge on any atom is -0.507 e. The van der Waals surface area contributed by atoms with Crippen LogP contribution in [0.1, 0.15) is 34.7 Å². The van der Waals surface area contributed by atoms with E-state index < -0.39 is 0 Å². The first-order valence-corrected chi connectivity index (χ1v) is 12.5. The van der Waals surface area contributed by atoms with Crippen LogP contribution in [0.5, 0.6) is 5.75 Å². The average Bonchev–Trinajstić information content (AvgIpc) is 3.46. The number of furan rings is 1. The van der Waals surface area contributed by atoms with Gasteiger partial charge in [0.15, 0.2) is 12.0 Å². The lowest BCUT2D eigenvalue weighted by Crippen LogP contribution is -2.21. The molecular formula is C28H31BrN4O3. The fraction of sp³-hybridized carbons (Fsp3) is 0.214. The molecule has 4 aromatic rings. The lowest BCUT2D eigenvalue weighted by atomic mass is 10.1. The zero-order chi connectivity index (χ0) is 25.9. The van der Waals surface area contributed by atoms with Crippen LogP contribution in [0, 0.1) is 6.92 Å². The van der Waals surface area contributed by atoms with E-state index in [1.807, 2.05) is 61.1 Å². The number of allylic oxidation sites excluding steroid dienone is 2. The van der Waals surface area contributed by atoms with Gasteiger partial charge in [-0.15, -0.1) is 0 Å². The van der Waals surface area contributed by atoms with Crippen LogP contribution in [0.15, 0.2) is 82.3 Å². The highest BCUT2D eigenvalue weighted by Gasteiger charge is 2.10. The summed E-state index contributed by atoms with van der Waals surface area (Å²) in [6, 6.07) is 16.4. The highest BCUT2D eigenvalue weighted by Crippen LogP contribution is 2.26. The summed E-state index contributed by atoms with van der Waals surface area (Å²) in [4.78, 5) is 10.3. The lowest BCUT2D eigenvalue weighted by molar-refractivity contribution is 0.110. The van der Waals surface area contributed by atoms with E-state index in [0.717, 1.165) is 58.5 Å². The van der Waals surface area contributed by atoms with E-state index in [0.29, 0.717) is 17.6 Å². The molecule has 0 amide bonds. The maximum absolute atomic E-state index is 10.3. The van der Waals surface area contributed by atoms with Gasteiger partial charge in [0, 0.05) is 17.5 Å². The molecule has 2 aromatic heterocycles. The van der Waals surface area contributed by atoms with Crippen molar-refractivity contribution in [1.82, 2.24) is 20.4 Å². The van der Waals surface area contributed by atoms with Crippen LogP contribution in [-0.2, 0) is 0 Å². The number of rotatable bonds is 10. The normalized spacial score (nSPS) is 11.1. The molecule has 0 aliphatic heterocycles. The predicted octanol–water partition coefficient (Wildman–Crippen LogP) is 6.01. The van der Waals surface area contributed by atoms with E-state index in [2.05, 4.69) is 38.2 Å². The number of aldehydes is 1. The van der Waals surface area contributed by atoms with Crippen LogP contribution < -0.4 is 10.6 Å². The van der Waals surface area contributed by atoms with Gasteiger partial charge in [0.25, 0.3) is 0 Å². The fourth-order valence-electron chi connectivity index (χ4n) is 3.51. The number of aromatic hydroxyl groups is 1. The third-order valence-corrected chi connectivity index (χ3v) is 6.24. The molecule has 4 rings (SSSR count). The minimum atomic E-state index is 0.218. The Balaban J connectivity index is 0.000000270. The van der Waals surface area contributed by atoms with Crippen molar-refractivity contribution in [1.29, 1.82) is 0 Å². The van der Waals surface area contributed by atoms with Gasteiger partial charge in [-0.2, -0.15) is 5.10 Å². The molecule has 3 N–H and O–H groups in total. The van der Waals surface area contributed by atoms with E-state index in [4.69, 9.17) is 4.42 Å². The van der Waals surface area contributed by atoms with Crippen molar-refractivity contribution in [2.24, 2.45) is 0 Å². The maximum atomic E-state index is 10.3. The van der Waals surface area contributed by atoms with Gasteiger partial charge in [0.1, 0.15) is 17.2 Å². The van der Waals surface area contributed by atoms with Gasteiger partial charge in [-0.1, -0.05) is 43.0 Å². The van der Waals surface area contributed by atoms with Gasteiger partial charge in [0.2, 0.25) is 0 Å². The number of para-hydroxylation sites is 2. The van der Waals surface area contributed by atoms with Crippen molar-refractivity contribution >= 4 is 44.6 Å². The van der Waals surface area contributed by atoms with Gasteiger partial charge in [-0.05, 0) is 79.1 Å². The highest BCUT2D eigenvalue weighted by atomic mass is 79.9. The number of benzene rings is 2. The first-order valence-electron chi connectivity index (χ1n) is 11.7. The standard InChI is InChI=1S/C19H25BrN4O.C9H6O2/c1-14(16-8-4-5-9-18(16)25)12-19(22-11-7-6-10-21-3)24-15(2)17(20)13-23-24;10-6-8-5-7-3-1-2-4-9(7)11-8/h4-5,8-9,12-13,21-22,25H,1,6-7,10-11H2,2-3H3;1-6H/b19-12-;. The van der Waals surface area contributed by atoms with Crippen molar-refractivity contribution in [2.45, 2.75) is 19.8 Å². The molecule has 0 bridgehead atoms. The Morgan fingerprint density at radius 1 is 1.17 bits per heavy atom. The Bertz CT molecular complexity index is 1310. The molecule has 0 radical (unpaired) electrons. The predicted molar refractivity (Wildman–Crippen MR) is 149 cm³/mol. The molecular weight excluding hydrogens is 520 g/mol. The number of nitrogens with one attached hydrogen (secondary N) is 2. The smallest absolute Gasteiger partial charge is 0.185 e. The monoisotopic (exact) mass is 550 g/mol. The summed E-state index contributed by atoms with van der Waals surface area (Å²) >= 11 is 3.50. The molecule has 0 saturated heterocycles. The van der Waals surface area contributed by atoms with Crippen molar-refractivity contribution in [3.05, 3.63) is 94.9 Å². The van der Waals surface area contributed by atoms with Crippen LogP contribution >= 0.6 is 15.9 Å². The third-order valence-electron chi connectivity index (χ3n) is 5.46. The van der Waals surface area contributed by atoms with Crippen LogP contribution in [0.4, 0.5) is 0 Å². The summed E-state index contributed by atoms with van der Waals surface area (Å²) in [6.45, 7) is 7.93. The molecule has 0 spiro atoms. The van der Waals surface area contributed by atoms with Crippen LogP contribution in [0.2, 0.25) is 0 Å². The Hall–Kier alpha value is -3.62. The molecule has 0 aliphatic rings. The van der Waals surface area contributed by atoms with E-state index in [9.17, 15) is 9.90 Å². The molecule has 0 fully saturated rings. The summed E-state index contributed by atoms with van der Waals surface area (Å²) in [5.74, 6) is 1.43. The molecule has 7 nitrogen and oxygen atoms in total. The number of unbranched alkanes of at least 4 members (excludes halogenated alkanes) is 1. The summed E-state index contributed by atoms with van der Waals surface area (Å²) < 4.78 is 7.94. The van der Waals surface area contributed by atoms with Gasteiger partial charge in [-0.25, -0.2) is 4.68 Å². The molecule has 0 aliphatic carbocycles. The molecule has 0 atom stereocenters. The largest absolute Gasteiger partial charge is 0.507 e. The average molecular weight is 551 g/mol. The van der Waals surface area contributed by atoms with Crippen molar-refractivity contribution in [2.75, 3.05) is 20.1 Å². The molecule has 2 aromatic carbocycles. The zero-order valence-corrected chi connectivity index (χ0v) is 22.1. The van der Waals surface area contributed by atoms with E-state index in [1.165, 1.54) is 0 Å². The summed E-state index contributed by atoms with van der Waals surface area (Å²) in [7, 11) is 1.96. The van der Waals surface area contributed by atoms with Gasteiger partial charge >= 0.3 is 0 Å². The van der Waals surface area contributed by atoms with Crippen molar-refractivity contribution in [3.63, 3.8) is 0 Å². The zero-order valence-electron chi connectivity index (χ0n) is 20.5. The second-order valence-corrected chi connectivity index (χ2v) is 8.96. The number of halogens is 1. The number of phenolic OH excluding ortho intramolecular Hbond substituents is 1. The SMILES string of the molecule is C=C(/C=C(/NCCCCNC)n1ncc(Br)c1C)c1ccccc1O.O=Cc1cc2ccccc2o1. The first-order chi connectivity index (χ1) is 17.4. The maximum Gasteiger partial charge on any atom is 0.185 e. The summed E-state index contributed by atoms with van der Waals surface area (Å²) in [5.41, 5.74) is 3.19. The number of carbonyl (C=O) groups is 1. The summed E-state index contributed by atoms with van der Waals surface area (Å²) in [6.07, 6.45) is 6.54. The van der Waals surface area contributed by atoms with E-state index in [-0.39, 0.29) is 5.75 Å². The first kappa shape index (κ1) is 27.0. The topological polar surface area (TPSA) is 92.3 Å². The summed E-state index contributed by atoms with van der Waals surface area (Å²) in [5, 5.41) is 22.0. The second-order valence-electron chi connectivity index (χ2n) is 8.10. The van der Waals surface area contributed by atoms with Crippen LogP contribution in [0.3, 0.4) is 0 Å². The van der Waals surface area contributed by atoms with Gasteiger partial charge < -0.3 is 20.2 Å². The number of fused-ring (bicyclic) bond motifs is 1. The number of phenols is 1. The number of aromatic nitrogens is 2. The van der Waals surface area contributed by atoms with Crippen molar-refractivity contribution < 1.29 is 14.3 Å². The lowest BCUT2D eigenvalue weighted by Gasteiger charge is -2.14. The number of nitrogens with zero attached hydrogens (tertiary/aromatic N) is 2. The highest BCUT2D eigenvalue weighted by molar-refractivity contribution is 9.10.